The Labute approximate surface area is 230 Å². The van der Waals surface area contributed by atoms with E-state index in [9.17, 15) is 24.9 Å². The number of Topliss-reactive ketones (excluding diaryl/α,β-unsaturated/α-hetero) is 1. The van der Waals surface area contributed by atoms with Gasteiger partial charge in [-0.25, -0.2) is 0 Å². The van der Waals surface area contributed by atoms with Crippen LogP contribution in [0.2, 0.25) is 0 Å². The molecule has 4 rings (SSSR count). The van der Waals surface area contributed by atoms with E-state index >= 15 is 0 Å². The molecule has 0 unspecified atom stereocenters. The topological polar surface area (TPSA) is 94.8 Å². The van der Waals surface area contributed by atoms with Crippen molar-refractivity contribution in [2.75, 3.05) is 6.61 Å². The van der Waals surface area contributed by atoms with Gasteiger partial charge in [0.2, 0.25) is 0 Å². The Bertz CT molecular complexity index is 826. The van der Waals surface area contributed by atoms with E-state index in [1.165, 1.54) is 6.08 Å². The molecule has 0 saturated heterocycles. The first-order chi connectivity index (χ1) is 13.0. The predicted octanol–water partition coefficient (Wildman–Crippen LogP) is -3.60. The van der Waals surface area contributed by atoms with E-state index in [0.717, 1.165) is 5.57 Å². The molecule has 5 nitrogen and oxygen atoms in total. The number of halogens is 1. The number of alkyl halides is 1. The van der Waals surface area contributed by atoms with E-state index in [2.05, 4.69) is 0 Å². The molecular weight excluding hydrogens is 426 g/mol. The summed E-state index contributed by atoms with van der Waals surface area (Å²) in [6.45, 7) is 4.97. The van der Waals surface area contributed by atoms with Gasteiger partial charge in [-0.3, -0.25) is 9.59 Å². The molecule has 4 aliphatic carbocycles. The van der Waals surface area contributed by atoms with Crippen molar-refractivity contribution in [3.63, 3.8) is 0 Å². The molecule has 3 saturated carbocycles. The summed E-state index contributed by atoms with van der Waals surface area (Å²) in [5, 5.41) is 32.3. The molecule has 0 radical (unpaired) electrons. The Hall–Kier alpha value is 0.990. The first kappa shape index (κ1) is 27.2. The molecule has 4 aliphatic rings. The second-order valence-corrected chi connectivity index (χ2v) is 10.4. The van der Waals surface area contributed by atoms with Gasteiger partial charge in [-0.2, -0.15) is 0 Å². The molecule has 0 heterocycles. The maximum Gasteiger partial charge on any atom is 1.00 e. The number of aliphatic hydroxyl groups is 3. The first-order valence-electron chi connectivity index (χ1n) is 10.1. The summed E-state index contributed by atoms with van der Waals surface area (Å²) >= 11 is 7.30. The maximum atomic E-state index is 12.6. The Balaban J connectivity index is 0.00000240. The number of allylic oxidation sites excluding steroid dienone is 4. The van der Waals surface area contributed by atoms with Crippen molar-refractivity contribution < 1.29 is 86.9 Å². The Morgan fingerprint density at radius 2 is 1.93 bits per heavy atom. The van der Waals surface area contributed by atoms with Crippen LogP contribution in [0.25, 0.3) is 0 Å². The third-order valence-corrected chi connectivity index (χ3v) is 9.72. The fourth-order valence-corrected chi connectivity index (χ4v) is 7.78. The van der Waals surface area contributed by atoms with Gasteiger partial charge in [0.25, 0.3) is 0 Å². The van der Waals surface area contributed by atoms with Crippen molar-refractivity contribution in [1.82, 2.24) is 0 Å². The number of carbonyl (C=O) groups is 2. The van der Waals surface area contributed by atoms with Crippen LogP contribution in [0.3, 0.4) is 0 Å². The largest absolute Gasteiger partial charge is 1.00 e. The van der Waals surface area contributed by atoms with Gasteiger partial charge in [0.15, 0.2) is 11.6 Å². The zero-order valence-electron chi connectivity index (χ0n) is 20.6. The summed E-state index contributed by atoms with van der Waals surface area (Å²) in [5.41, 5.74) is -2.25. The predicted molar refractivity (Wildman–Crippen MR) is 107 cm³/mol. The third-order valence-electron chi connectivity index (χ3n) is 8.79. The van der Waals surface area contributed by atoms with Gasteiger partial charge >= 0.3 is 59.1 Å². The van der Waals surface area contributed by atoms with Crippen LogP contribution < -0.4 is 59.1 Å². The van der Waals surface area contributed by atoms with Gasteiger partial charge in [-0.05, 0) is 55.6 Å². The second kappa shape index (κ2) is 8.65. The second-order valence-electron chi connectivity index (χ2n) is 9.75. The fourth-order valence-electron chi connectivity index (χ4n) is 7.26. The molecule has 3 fully saturated rings. The zero-order valence-corrected chi connectivity index (χ0v) is 23.4. The molecule has 0 spiro atoms. The van der Waals surface area contributed by atoms with E-state index in [4.69, 9.17) is 11.6 Å². The van der Waals surface area contributed by atoms with Gasteiger partial charge in [-0.15, -0.1) is 11.6 Å². The molecule has 0 aromatic carbocycles. The van der Waals surface area contributed by atoms with Crippen LogP contribution in [0.5, 0.6) is 0 Å². The van der Waals surface area contributed by atoms with Crippen LogP contribution in [-0.2, 0) is 9.59 Å². The molecule has 8 heteroatoms. The summed E-state index contributed by atoms with van der Waals surface area (Å²) in [6.07, 6.45) is 6.22. The number of carbonyl (C=O) groups excluding carboxylic acids is 2. The number of rotatable bonds is 2. The Morgan fingerprint density at radius 3 is 2.53 bits per heavy atom. The Morgan fingerprint density at radius 1 is 1.30 bits per heavy atom. The molecule has 8 atom stereocenters. The fraction of sp³-hybridized carbons (Fsp3) is 0.727. The van der Waals surface area contributed by atoms with Gasteiger partial charge in [-0.1, -0.05) is 32.4 Å². The van der Waals surface area contributed by atoms with Crippen LogP contribution in [0.4, 0.5) is 0 Å². The Kier molecular flexibility index (Phi) is 7.85. The number of fused-ring (bicyclic) bond motifs is 5. The van der Waals surface area contributed by atoms with Gasteiger partial charge in [0.1, 0.15) is 12.2 Å². The molecule has 0 aromatic rings. The molecule has 158 valence electrons. The quantitative estimate of drug-likeness (QED) is 0.295. The van der Waals surface area contributed by atoms with Crippen LogP contribution in [0.1, 0.15) is 49.3 Å². The first-order valence-corrected chi connectivity index (χ1v) is 10.5. The number of hydrogen-bond donors (Lipinski definition) is 3. The van der Waals surface area contributed by atoms with Crippen molar-refractivity contribution in [2.24, 2.45) is 28.6 Å². The standard InChI is InChI=1S/C22H29ClO5.2Na.2H/c1-12-8-16-15-5-4-13-9-14(25)6-7-19(13,2)21(15,23)17(26)10-20(16,3)22(12,28)18(27)11-24;;;;/h6-7,9,12,15-17,24,26,28H,4-5,8,10-11H2,1-3H3;;;;/q;2*+1;2*-1/t12-,15-,16-,17-,19-,20-,21-,22-;;;;/m0..../s1. The van der Waals surface area contributed by atoms with E-state index in [0.29, 0.717) is 19.3 Å². The molecule has 0 aliphatic heterocycles. The summed E-state index contributed by atoms with van der Waals surface area (Å²) in [5.74, 6) is -1.15. The van der Waals surface area contributed by atoms with Crippen molar-refractivity contribution in [3.8, 4) is 0 Å². The van der Waals surface area contributed by atoms with E-state index in [-0.39, 0.29) is 91.9 Å². The minimum Gasteiger partial charge on any atom is -1.00 e. The van der Waals surface area contributed by atoms with Gasteiger partial charge < -0.3 is 18.2 Å². The minimum absolute atomic E-state index is 0. The average molecular weight is 457 g/mol. The van der Waals surface area contributed by atoms with Crippen molar-refractivity contribution in [2.45, 2.75) is 63.0 Å². The molecule has 0 amide bonds. The minimum atomic E-state index is -1.68. The average Bonchev–Trinajstić information content (AvgIpc) is 2.84. The summed E-state index contributed by atoms with van der Waals surface area (Å²) < 4.78 is 0. The van der Waals surface area contributed by atoms with Crippen LogP contribution >= 0.6 is 11.6 Å². The van der Waals surface area contributed by atoms with Crippen LogP contribution in [0, 0.1) is 28.6 Å². The maximum absolute atomic E-state index is 12.6. The summed E-state index contributed by atoms with van der Waals surface area (Å²) in [7, 11) is 0. The zero-order chi connectivity index (χ0) is 20.7. The normalized spacial score (nSPS) is 49.0. The summed E-state index contributed by atoms with van der Waals surface area (Å²) in [4.78, 5) is 23.5. The van der Waals surface area contributed by atoms with Gasteiger partial charge in [0.05, 0.1) is 11.0 Å². The SMILES string of the molecule is C[C@H]1C[C@H]2[C@@H]3CCC4=CC(=O)C=C[C@]4(C)[C@@]3(Cl)[C@@H](O)C[C@]2(C)[C@@]1(O)C(=O)CO.[H-].[H-].[Na+].[Na+]. The number of ketones is 2. The van der Waals surface area contributed by atoms with E-state index in [1.54, 1.807) is 6.08 Å². The van der Waals surface area contributed by atoms with Crippen molar-refractivity contribution in [1.29, 1.82) is 0 Å². The third kappa shape index (κ3) is 3.14. The van der Waals surface area contributed by atoms with Crippen molar-refractivity contribution >= 4 is 23.2 Å². The van der Waals surface area contributed by atoms with E-state index < -0.39 is 39.8 Å². The molecule has 0 aromatic heterocycles. The number of aliphatic hydroxyl groups excluding tert-OH is 2. The summed E-state index contributed by atoms with van der Waals surface area (Å²) in [6, 6.07) is 0. The molecule has 0 bridgehead atoms. The van der Waals surface area contributed by atoms with Crippen LogP contribution in [0.15, 0.2) is 23.8 Å². The van der Waals surface area contributed by atoms with Crippen molar-refractivity contribution in [3.05, 3.63) is 23.8 Å². The van der Waals surface area contributed by atoms with E-state index in [1.807, 2.05) is 26.8 Å². The van der Waals surface area contributed by atoms with Crippen LogP contribution in [-0.4, -0.2) is 50.1 Å². The molecule has 30 heavy (non-hydrogen) atoms. The molecule has 3 N–H and O–H groups in total. The smallest absolute Gasteiger partial charge is 1.00 e. The van der Waals surface area contributed by atoms with Gasteiger partial charge in [0, 0.05) is 10.8 Å². The number of hydrogen-bond acceptors (Lipinski definition) is 5. The monoisotopic (exact) mass is 456 g/mol. The molecular formula is C22H31ClNa2O5.